The zero-order chi connectivity index (χ0) is 15.6. The lowest BCUT2D eigenvalue weighted by Crippen LogP contribution is -2.43. The number of hydrogen-bond acceptors (Lipinski definition) is 3. The van der Waals surface area contributed by atoms with Crippen LogP contribution in [0.3, 0.4) is 0 Å². The van der Waals surface area contributed by atoms with Crippen molar-refractivity contribution >= 4 is 33.5 Å². The van der Waals surface area contributed by atoms with Gasteiger partial charge in [0.15, 0.2) is 0 Å². The van der Waals surface area contributed by atoms with Gasteiger partial charge in [-0.2, -0.15) is 0 Å². The Morgan fingerprint density at radius 2 is 2.19 bits per heavy atom. The predicted octanol–water partition coefficient (Wildman–Crippen LogP) is 2.49. The standard InChI is InChI=1S/C15H19BrN2O3/c1-9-3-4-12(11(16)7-9)17-13(19)8-18-6-5-10(2)14(18)15(20)21/h3-4,7,10,14H,5-6,8H2,1-2H3,(H,17,19)(H,20,21). The van der Waals surface area contributed by atoms with Crippen LogP contribution in [-0.4, -0.2) is 41.0 Å². The molecule has 2 unspecified atom stereocenters. The summed E-state index contributed by atoms with van der Waals surface area (Å²) < 4.78 is 0.820. The first-order chi connectivity index (χ1) is 9.88. The molecular weight excluding hydrogens is 336 g/mol. The highest BCUT2D eigenvalue weighted by atomic mass is 79.9. The summed E-state index contributed by atoms with van der Waals surface area (Å²) in [5, 5.41) is 12.1. The lowest BCUT2D eigenvalue weighted by atomic mass is 10.0. The molecule has 1 amide bonds. The zero-order valence-corrected chi connectivity index (χ0v) is 13.7. The van der Waals surface area contributed by atoms with Gasteiger partial charge in [0.25, 0.3) is 0 Å². The number of carbonyl (C=O) groups excluding carboxylic acids is 1. The highest BCUT2D eigenvalue weighted by Gasteiger charge is 2.37. The molecule has 1 heterocycles. The largest absolute Gasteiger partial charge is 0.480 e. The molecule has 0 radical (unpaired) electrons. The number of carboxylic acids is 1. The number of halogens is 1. The number of benzene rings is 1. The van der Waals surface area contributed by atoms with Gasteiger partial charge in [0, 0.05) is 4.47 Å². The van der Waals surface area contributed by atoms with E-state index in [4.69, 9.17) is 0 Å². The van der Waals surface area contributed by atoms with E-state index in [0.717, 1.165) is 16.5 Å². The van der Waals surface area contributed by atoms with E-state index in [-0.39, 0.29) is 18.4 Å². The van der Waals surface area contributed by atoms with Crippen LogP contribution in [0.2, 0.25) is 0 Å². The van der Waals surface area contributed by atoms with Crippen LogP contribution < -0.4 is 5.32 Å². The van der Waals surface area contributed by atoms with Crippen molar-refractivity contribution in [2.45, 2.75) is 26.3 Å². The van der Waals surface area contributed by atoms with Gasteiger partial charge in [0.05, 0.1) is 12.2 Å². The molecule has 0 aromatic heterocycles. The van der Waals surface area contributed by atoms with Gasteiger partial charge < -0.3 is 10.4 Å². The molecule has 0 bridgehead atoms. The fourth-order valence-electron chi connectivity index (χ4n) is 2.70. The number of nitrogens with zero attached hydrogens (tertiary/aromatic N) is 1. The molecule has 1 aliphatic rings. The molecule has 6 heteroatoms. The number of hydrogen-bond donors (Lipinski definition) is 2. The van der Waals surface area contributed by atoms with Gasteiger partial charge in [-0.1, -0.05) is 13.0 Å². The van der Waals surface area contributed by atoms with Gasteiger partial charge in [-0.05, 0) is 59.4 Å². The second kappa shape index (κ2) is 6.58. The first-order valence-electron chi connectivity index (χ1n) is 6.91. The summed E-state index contributed by atoms with van der Waals surface area (Å²) in [6.45, 7) is 4.62. The monoisotopic (exact) mass is 354 g/mol. The number of likely N-dealkylation sites (tertiary alicyclic amines) is 1. The first kappa shape index (κ1) is 16.0. The van der Waals surface area contributed by atoms with Gasteiger partial charge in [0.2, 0.25) is 5.91 Å². The van der Waals surface area contributed by atoms with Crippen molar-refractivity contribution in [3.63, 3.8) is 0 Å². The number of amides is 1. The van der Waals surface area contributed by atoms with Crippen LogP contribution in [0.5, 0.6) is 0 Å². The van der Waals surface area contributed by atoms with Gasteiger partial charge in [-0.25, -0.2) is 0 Å². The van der Waals surface area contributed by atoms with Crippen molar-refractivity contribution in [1.29, 1.82) is 0 Å². The third-order valence-electron chi connectivity index (χ3n) is 3.80. The van der Waals surface area contributed by atoms with E-state index in [1.165, 1.54) is 0 Å². The van der Waals surface area contributed by atoms with E-state index < -0.39 is 12.0 Å². The SMILES string of the molecule is Cc1ccc(NC(=O)CN2CCC(C)C2C(=O)O)c(Br)c1. The Kier molecular flexibility index (Phi) is 5.00. The predicted molar refractivity (Wildman–Crippen MR) is 84.3 cm³/mol. The minimum atomic E-state index is -0.857. The van der Waals surface area contributed by atoms with Crippen molar-refractivity contribution in [1.82, 2.24) is 4.90 Å². The summed E-state index contributed by atoms with van der Waals surface area (Å²) in [5.41, 5.74) is 1.80. The van der Waals surface area contributed by atoms with Crippen LogP contribution >= 0.6 is 15.9 Å². The van der Waals surface area contributed by atoms with Crippen LogP contribution in [0.15, 0.2) is 22.7 Å². The number of carboxylic acid groups (broad SMARTS) is 1. The second-order valence-electron chi connectivity index (χ2n) is 5.55. The molecular formula is C15H19BrN2O3. The summed E-state index contributed by atoms with van der Waals surface area (Å²) in [4.78, 5) is 25.1. The molecule has 2 N–H and O–H groups in total. The molecule has 5 nitrogen and oxygen atoms in total. The minimum absolute atomic E-state index is 0.0708. The average molecular weight is 355 g/mol. The summed E-state index contributed by atoms with van der Waals surface area (Å²) in [6.07, 6.45) is 0.804. The van der Waals surface area contributed by atoms with Crippen LogP contribution in [0.1, 0.15) is 18.9 Å². The third kappa shape index (κ3) is 3.83. The number of carbonyl (C=O) groups is 2. The molecule has 1 aromatic rings. The van der Waals surface area contributed by atoms with Crippen LogP contribution in [0, 0.1) is 12.8 Å². The van der Waals surface area contributed by atoms with Crippen molar-refractivity contribution in [3.05, 3.63) is 28.2 Å². The lowest BCUT2D eigenvalue weighted by molar-refractivity contribution is -0.143. The van der Waals surface area contributed by atoms with E-state index in [0.29, 0.717) is 12.2 Å². The average Bonchev–Trinajstić information content (AvgIpc) is 2.74. The smallest absolute Gasteiger partial charge is 0.321 e. The van der Waals surface area contributed by atoms with Gasteiger partial charge in [0.1, 0.15) is 6.04 Å². The third-order valence-corrected chi connectivity index (χ3v) is 4.46. The van der Waals surface area contributed by atoms with Crippen LogP contribution in [0.25, 0.3) is 0 Å². The molecule has 0 aliphatic carbocycles. The van der Waals surface area contributed by atoms with Crippen molar-refractivity contribution in [2.24, 2.45) is 5.92 Å². The van der Waals surface area contributed by atoms with Crippen LogP contribution in [-0.2, 0) is 9.59 Å². The normalized spacial score (nSPS) is 22.2. The Hall–Kier alpha value is -1.40. The highest BCUT2D eigenvalue weighted by Crippen LogP contribution is 2.25. The topological polar surface area (TPSA) is 69.6 Å². The molecule has 0 saturated carbocycles. The lowest BCUT2D eigenvalue weighted by Gasteiger charge is -2.22. The minimum Gasteiger partial charge on any atom is -0.480 e. The number of anilines is 1. The van der Waals surface area contributed by atoms with E-state index in [9.17, 15) is 14.7 Å². The molecule has 2 atom stereocenters. The fourth-order valence-corrected chi connectivity index (χ4v) is 3.29. The van der Waals surface area contributed by atoms with E-state index in [2.05, 4.69) is 21.2 Å². The van der Waals surface area contributed by atoms with Crippen molar-refractivity contribution < 1.29 is 14.7 Å². The molecule has 114 valence electrons. The highest BCUT2D eigenvalue weighted by molar-refractivity contribution is 9.10. The molecule has 21 heavy (non-hydrogen) atoms. The van der Waals surface area contributed by atoms with Gasteiger partial charge >= 0.3 is 5.97 Å². The summed E-state index contributed by atoms with van der Waals surface area (Å²) >= 11 is 3.41. The molecule has 1 aliphatic heterocycles. The molecule has 1 saturated heterocycles. The van der Waals surface area contributed by atoms with E-state index in [1.807, 2.05) is 32.0 Å². The zero-order valence-electron chi connectivity index (χ0n) is 12.1. The fraction of sp³-hybridized carbons (Fsp3) is 0.467. The second-order valence-corrected chi connectivity index (χ2v) is 6.41. The molecule has 2 rings (SSSR count). The number of aliphatic carboxylic acids is 1. The first-order valence-corrected chi connectivity index (χ1v) is 7.70. The number of aryl methyl sites for hydroxylation is 1. The van der Waals surface area contributed by atoms with Crippen molar-refractivity contribution in [3.8, 4) is 0 Å². The Morgan fingerprint density at radius 3 is 2.81 bits per heavy atom. The maximum atomic E-state index is 12.1. The van der Waals surface area contributed by atoms with E-state index in [1.54, 1.807) is 4.90 Å². The molecule has 0 spiro atoms. The van der Waals surface area contributed by atoms with E-state index >= 15 is 0 Å². The van der Waals surface area contributed by atoms with Crippen molar-refractivity contribution in [2.75, 3.05) is 18.4 Å². The molecule has 1 aromatic carbocycles. The summed E-state index contributed by atoms with van der Waals surface area (Å²) in [7, 11) is 0. The Morgan fingerprint density at radius 1 is 1.48 bits per heavy atom. The van der Waals surface area contributed by atoms with Crippen LogP contribution in [0.4, 0.5) is 5.69 Å². The Bertz CT molecular complexity index is 562. The van der Waals surface area contributed by atoms with Gasteiger partial charge in [-0.15, -0.1) is 0 Å². The number of rotatable bonds is 4. The number of nitrogens with one attached hydrogen (secondary N) is 1. The molecule has 1 fully saturated rings. The quantitative estimate of drug-likeness (QED) is 0.871. The maximum absolute atomic E-state index is 12.1. The maximum Gasteiger partial charge on any atom is 0.321 e. The summed E-state index contributed by atoms with van der Waals surface area (Å²) in [5.74, 6) is -0.981. The summed E-state index contributed by atoms with van der Waals surface area (Å²) in [6, 6.07) is 5.10. The van der Waals surface area contributed by atoms with Gasteiger partial charge in [-0.3, -0.25) is 14.5 Å². The Balaban J connectivity index is 2.00. The Labute approximate surface area is 132 Å².